The lowest BCUT2D eigenvalue weighted by Crippen LogP contribution is -2.29. The lowest BCUT2D eigenvalue weighted by molar-refractivity contribution is 0.124. The Balaban J connectivity index is 2.48. The number of aryl methyl sites for hydroxylation is 1. The van der Waals surface area contributed by atoms with Gasteiger partial charge in [-0.3, -0.25) is 11.3 Å². The first-order valence-electron chi connectivity index (χ1n) is 6.94. The van der Waals surface area contributed by atoms with Crippen molar-refractivity contribution in [3.05, 3.63) is 35.4 Å². The minimum absolute atomic E-state index is 0.178. The Bertz CT molecular complexity index is 311. The van der Waals surface area contributed by atoms with Crippen molar-refractivity contribution in [2.45, 2.75) is 45.6 Å². The molecule has 3 N–H and O–H groups in total. The molecule has 18 heavy (non-hydrogen) atoms. The Labute approximate surface area is 111 Å². The predicted octanol–water partition coefficient (Wildman–Crippen LogP) is 2.96. The first kappa shape index (κ1) is 15.2. The van der Waals surface area contributed by atoms with E-state index in [2.05, 4.69) is 43.5 Å². The Morgan fingerprint density at radius 1 is 1.11 bits per heavy atom. The van der Waals surface area contributed by atoms with E-state index in [9.17, 15) is 0 Å². The van der Waals surface area contributed by atoms with Gasteiger partial charge in [0.25, 0.3) is 0 Å². The molecule has 0 saturated carbocycles. The van der Waals surface area contributed by atoms with Crippen LogP contribution >= 0.6 is 0 Å². The van der Waals surface area contributed by atoms with Crippen molar-refractivity contribution in [3.8, 4) is 0 Å². The highest BCUT2D eigenvalue weighted by Gasteiger charge is 2.09. The quantitative estimate of drug-likeness (QED) is 0.402. The van der Waals surface area contributed by atoms with E-state index in [0.717, 1.165) is 32.5 Å². The van der Waals surface area contributed by atoms with Crippen LogP contribution in [0, 0.1) is 0 Å². The second-order valence-corrected chi connectivity index (χ2v) is 4.61. The fourth-order valence-electron chi connectivity index (χ4n) is 2.00. The van der Waals surface area contributed by atoms with Crippen LogP contribution in [-0.2, 0) is 11.2 Å². The highest BCUT2D eigenvalue weighted by atomic mass is 16.5. The number of nitrogens with two attached hydrogens (primary N) is 1. The first-order valence-corrected chi connectivity index (χ1v) is 6.94. The summed E-state index contributed by atoms with van der Waals surface area (Å²) in [6, 6.07) is 8.88. The Kier molecular flexibility index (Phi) is 7.65. The summed E-state index contributed by atoms with van der Waals surface area (Å²) in [5.41, 5.74) is 5.49. The van der Waals surface area contributed by atoms with Crippen molar-refractivity contribution < 1.29 is 4.74 Å². The van der Waals surface area contributed by atoms with Crippen LogP contribution in [-0.4, -0.2) is 13.2 Å². The van der Waals surface area contributed by atoms with Gasteiger partial charge in [0.15, 0.2) is 0 Å². The van der Waals surface area contributed by atoms with E-state index >= 15 is 0 Å². The molecular weight excluding hydrogens is 224 g/mol. The summed E-state index contributed by atoms with van der Waals surface area (Å²) in [6.45, 7) is 5.89. The maximum Gasteiger partial charge on any atom is 0.0484 e. The van der Waals surface area contributed by atoms with E-state index in [1.54, 1.807) is 0 Å². The molecule has 0 fully saturated rings. The summed E-state index contributed by atoms with van der Waals surface area (Å²) in [5, 5.41) is 0. The van der Waals surface area contributed by atoms with Crippen LogP contribution in [0.25, 0.3) is 0 Å². The van der Waals surface area contributed by atoms with Crippen LogP contribution in [0.4, 0.5) is 0 Å². The maximum absolute atomic E-state index is 5.61. The Hall–Kier alpha value is -0.900. The third-order valence-electron chi connectivity index (χ3n) is 3.02. The molecule has 0 amide bonds. The summed E-state index contributed by atoms with van der Waals surface area (Å²) in [5.74, 6) is 5.61. The van der Waals surface area contributed by atoms with Crippen LogP contribution < -0.4 is 11.3 Å². The molecule has 0 bridgehead atoms. The molecular formula is C15H26N2O. The Morgan fingerprint density at radius 2 is 1.83 bits per heavy atom. The van der Waals surface area contributed by atoms with Gasteiger partial charge in [-0.2, -0.15) is 0 Å². The third-order valence-corrected chi connectivity index (χ3v) is 3.02. The number of hydrogen-bond donors (Lipinski definition) is 2. The molecule has 0 aromatic heterocycles. The van der Waals surface area contributed by atoms with Gasteiger partial charge in [-0.05, 0) is 30.4 Å². The minimum Gasteiger partial charge on any atom is -0.381 e. The first-order chi connectivity index (χ1) is 8.81. The van der Waals surface area contributed by atoms with E-state index in [4.69, 9.17) is 10.6 Å². The van der Waals surface area contributed by atoms with Gasteiger partial charge in [0.1, 0.15) is 0 Å². The van der Waals surface area contributed by atoms with Crippen LogP contribution in [0.15, 0.2) is 24.3 Å². The van der Waals surface area contributed by atoms with Gasteiger partial charge >= 0.3 is 0 Å². The van der Waals surface area contributed by atoms with Crippen molar-refractivity contribution in [1.82, 2.24) is 5.43 Å². The van der Waals surface area contributed by atoms with E-state index in [1.165, 1.54) is 17.5 Å². The van der Waals surface area contributed by atoms with Gasteiger partial charge in [-0.1, -0.05) is 44.5 Å². The fourth-order valence-corrected chi connectivity index (χ4v) is 2.00. The highest BCUT2D eigenvalue weighted by Crippen LogP contribution is 2.17. The Morgan fingerprint density at radius 3 is 2.39 bits per heavy atom. The normalized spacial score (nSPS) is 12.6. The number of rotatable bonds is 9. The topological polar surface area (TPSA) is 47.3 Å². The monoisotopic (exact) mass is 250 g/mol. The number of hydrogen-bond acceptors (Lipinski definition) is 3. The zero-order valence-electron chi connectivity index (χ0n) is 11.6. The van der Waals surface area contributed by atoms with Gasteiger partial charge in [0.05, 0.1) is 0 Å². The van der Waals surface area contributed by atoms with Crippen LogP contribution in [0.2, 0.25) is 0 Å². The van der Waals surface area contributed by atoms with Gasteiger partial charge in [-0.25, -0.2) is 0 Å². The zero-order chi connectivity index (χ0) is 13.2. The zero-order valence-corrected chi connectivity index (χ0v) is 11.6. The number of benzene rings is 1. The number of hydrazine groups is 1. The number of ether oxygens (including phenoxy) is 1. The van der Waals surface area contributed by atoms with Gasteiger partial charge in [0.2, 0.25) is 0 Å². The molecule has 1 unspecified atom stereocenters. The average molecular weight is 250 g/mol. The summed E-state index contributed by atoms with van der Waals surface area (Å²) in [4.78, 5) is 0. The molecule has 1 atom stereocenters. The number of nitrogens with one attached hydrogen (secondary N) is 1. The molecule has 0 aliphatic carbocycles. The molecule has 3 nitrogen and oxygen atoms in total. The van der Waals surface area contributed by atoms with Crippen molar-refractivity contribution in [1.29, 1.82) is 0 Å². The highest BCUT2D eigenvalue weighted by molar-refractivity contribution is 5.25. The second-order valence-electron chi connectivity index (χ2n) is 4.61. The molecule has 0 saturated heterocycles. The third kappa shape index (κ3) is 5.17. The smallest absolute Gasteiger partial charge is 0.0484 e. The van der Waals surface area contributed by atoms with E-state index in [-0.39, 0.29) is 6.04 Å². The van der Waals surface area contributed by atoms with Crippen LogP contribution in [0.1, 0.15) is 50.3 Å². The molecule has 1 aromatic rings. The molecule has 0 radical (unpaired) electrons. The van der Waals surface area contributed by atoms with E-state index in [1.807, 2.05) is 0 Å². The van der Waals surface area contributed by atoms with Crippen LogP contribution in [0.3, 0.4) is 0 Å². The van der Waals surface area contributed by atoms with Gasteiger partial charge < -0.3 is 4.74 Å². The van der Waals surface area contributed by atoms with Crippen molar-refractivity contribution >= 4 is 0 Å². The minimum atomic E-state index is 0.178. The summed E-state index contributed by atoms with van der Waals surface area (Å²) < 4.78 is 5.50. The van der Waals surface area contributed by atoms with Gasteiger partial charge in [-0.15, -0.1) is 0 Å². The summed E-state index contributed by atoms with van der Waals surface area (Å²) in [6.07, 6.45) is 4.29. The van der Waals surface area contributed by atoms with Crippen LogP contribution in [0.5, 0.6) is 0 Å². The van der Waals surface area contributed by atoms with Crippen molar-refractivity contribution in [3.63, 3.8) is 0 Å². The van der Waals surface area contributed by atoms with E-state index < -0.39 is 0 Å². The van der Waals surface area contributed by atoms with Crippen molar-refractivity contribution in [2.24, 2.45) is 5.84 Å². The molecule has 0 aliphatic heterocycles. The SMILES string of the molecule is CCCOCCC(NN)c1ccc(CCC)cc1. The van der Waals surface area contributed by atoms with Gasteiger partial charge in [0, 0.05) is 19.3 Å². The standard InChI is InChI=1S/C15H26N2O/c1-3-5-13-6-8-14(9-7-13)15(17-16)10-12-18-11-4-2/h6-9,15,17H,3-5,10-12,16H2,1-2H3. The largest absolute Gasteiger partial charge is 0.381 e. The summed E-state index contributed by atoms with van der Waals surface area (Å²) >= 11 is 0. The molecule has 1 rings (SSSR count). The molecule has 3 heteroatoms. The lowest BCUT2D eigenvalue weighted by Gasteiger charge is -2.16. The predicted molar refractivity (Wildman–Crippen MR) is 76.2 cm³/mol. The molecule has 0 spiro atoms. The molecule has 0 heterocycles. The molecule has 102 valence electrons. The fraction of sp³-hybridized carbons (Fsp3) is 0.600. The second kappa shape index (κ2) is 9.09. The average Bonchev–Trinajstić information content (AvgIpc) is 2.41. The summed E-state index contributed by atoms with van der Waals surface area (Å²) in [7, 11) is 0. The van der Waals surface area contributed by atoms with E-state index in [0.29, 0.717) is 0 Å². The lowest BCUT2D eigenvalue weighted by atomic mass is 10.0. The maximum atomic E-state index is 5.61. The molecule has 0 aliphatic rings. The van der Waals surface area contributed by atoms with Crippen molar-refractivity contribution in [2.75, 3.05) is 13.2 Å². The molecule has 1 aromatic carbocycles.